The smallest absolute Gasteiger partial charge is 0.337 e. The van der Waals surface area contributed by atoms with Gasteiger partial charge in [0, 0.05) is 40.7 Å². The summed E-state index contributed by atoms with van der Waals surface area (Å²) >= 11 is 0. The van der Waals surface area contributed by atoms with Gasteiger partial charge in [-0.05, 0) is 39.5 Å². The van der Waals surface area contributed by atoms with E-state index in [0.717, 1.165) is 40.2 Å². The Kier molecular flexibility index (Phi) is 5.57. The van der Waals surface area contributed by atoms with Gasteiger partial charge in [0.05, 0.1) is 23.3 Å². The van der Waals surface area contributed by atoms with Crippen LogP contribution < -0.4 is 5.32 Å². The van der Waals surface area contributed by atoms with Gasteiger partial charge in [-0.1, -0.05) is 43.7 Å². The van der Waals surface area contributed by atoms with Crippen molar-refractivity contribution >= 4 is 11.8 Å². The number of carbonyl (C=O) groups excluding carboxylic acids is 2. The number of carbonyl (C=O) groups is 2. The van der Waals surface area contributed by atoms with Gasteiger partial charge < -0.3 is 10.1 Å². The molecule has 6 nitrogen and oxygen atoms in total. The van der Waals surface area contributed by atoms with Gasteiger partial charge in [-0.15, -0.1) is 0 Å². The summed E-state index contributed by atoms with van der Waals surface area (Å²) < 4.78 is 5.60. The first-order valence-corrected chi connectivity index (χ1v) is 11.1. The van der Waals surface area contributed by atoms with Crippen LogP contribution in [0.25, 0.3) is 11.3 Å². The highest BCUT2D eigenvalue weighted by molar-refractivity contribution is 6.04. The zero-order chi connectivity index (χ0) is 23.2. The number of esters is 1. The van der Waals surface area contributed by atoms with Crippen LogP contribution in [-0.2, 0) is 14.3 Å². The minimum atomic E-state index is -0.531. The highest BCUT2D eigenvalue weighted by Crippen LogP contribution is 2.48. The quantitative estimate of drug-likeness (QED) is 0.667. The van der Waals surface area contributed by atoms with E-state index in [4.69, 9.17) is 4.74 Å². The van der Waals surface area contributed by atoms with Gasteiger partial charge in [-0.25, -0.2) is 4.79 Å². The molecule has 1 aromatic heterocycles. The minimum absolute atomic E-state index is 0.0622. The lowest BCUT2D eigenvalue weighted by molar-refractivity contribution is -0.143. The summed E-state index contributed by atoms with van der Waals surface area (Å²) in [6.45, 7) is 11.8. The van der Waals surface area contributed by atoms with Crippen molar-refractivity contribution in [2.24, 2.45) is 5.41 Å². The Hall–Kier alpha value is -3.15. The Morgan fingerprint density at radius 3 is 2.50 bits per heavy atom. The molecule has 1 aliphatic carbocycles. The number of dihydropyridines is 1. The van der Waals surface area contributed by atoms with Gasteiger partial charge >= 0.3 is 5.97 Å². The van der Waals surface area contributed by atoms with E-state index in [9.17, 15) is 9.59 Å². The molecule has 168 valence electrons. The maximum Gasteiger partial charge on any atom is 0.337 e. The fourth-order valence-corrected chi connectivity index (χ4v) is 4.76. The van der Waals surface area contributed by atoms with E-state index in [0.29, 0.717) is 17.6 Å². The van der Waals surface area contributed by atoms with E-state index < -0.39 is 11.9 Å². The van der Waals surface area contributed by atoms with Crippen molar-refractivity contribution in [3.05, 3.63) is 64.1 Å². The van der Waals surface area contributed by atoms with Crippen molar-refractivity contribution in [3.8, 4) is 11.3 Å². The molecule has 0 saturated heterocycles. The number of nitrogens with zero attached hydrogens (tertiary/aromatic N) is 1. The number of rotatable bonds is 4. The average molecular weight is 434 g/mol. The summed E-state index contributed by atoms with van der Waals surface area (Å²) in [6, 6.07) is 8.09. The third-order valence-electron chi connectivity index (χ3n) is 6.11. The maximum atomic E-state index is 13.4. The summed E-state index contributed by atoms with van der Waals surface area (Å²) in [4.78, 5) is 26.7. The number of ketones is 1. The number of hydrogen-bond acceptors (Lipinski definition) is 5. The molecular formula is C26H31N3O3. The van der Waals surface area contributed by atoms with Crippen LogP contribution in [-0.4, -0.2) is 28.1 Å². The monoisotopic (exact) mass is 433 g/mol. The summed E-state index contributed by atoms with van der Waals surface area (Å²) in [5.74, 6) is -0.876. The van der Waals surface area contributed by atoms with Crippen molar-refractivity contribution in [3.63, 3.8) is 0 Å². The van der Waals surface area contributed by atoms with Crippen LogP contribution >= 0.6 is 0 Å². The summed E-state index contributed by atoms with van der Waals surface area (Å²) in [6.07, 6.45) is 2.72. The molecule has 0 amide bonds. The fourth-order valence-electron chi connectivity index (χ4n) is 4.76. The number of H-pyrrole nitrogens is 1. The molecular weight excluding hydrogens is 402 g/mol. The standard InChI is InChI=1S/C26H31N3O3/c1-14(2)32-25(31)21-16(4)28-19-11-26(5,6)12-20(30)23(19)22(21)18-13-27-29-24(18)17-9-7-15(3)8-10-17/h7-10,13-14,22,28H,11-12H2,1-6H3,(H,27,29). The van der Waals surface area contributed by atoms with Crippen molar-refractivity contribution in [2.45, 2.75) is 66.4 Å². The number of ether oxygens (including phenoxy) is 1. The highest BCUT2D eigenvalue weighted by Gasteiger charge is 2.44. The lowest BCUT2D eigenvalue weighted by Crippen LogP contribution is -2.39. The maximum absolute atomic E-state index is 13.4. The first-order valence-electron chi connectivity index (χ1n) is 11.1. The average Bonchev–Trinajstić information content (AvgIpc) is 3.15. The number of Topliss-reactive ketones (excluding diaryl/α,β-unsaturated/α-hetero) is 1. The third kappa shape index (κ3) is 4.01. The largest absolute Gasteiger partial charge is 0.460 e. The van der Waals surface area contributed by atoms with Gasteiger partial charge in [-0.2, -0.15) is 5.10 Å². The lowest BCUT2D eigenvalue weighted by atomic mass is 9.68. The SMILES string of the molecule is CC1=C(C(=O)OC(C)C)C(c2c[nH]nc2-c2ccc(C)cc2)C2=C(CC(C)(C)CC2=O)N1. The fraction of sp³-hybridized carbons (Fsp3) is 0.423. The molecule has 2 aliphatic rings. The summed E-state index contributed by atoms with van der Waals surface area (Å²) in [5.41, 5.74) is 6.24. The molecule has 0 fully saturated rings. The van der Waals surface area contributed by atoms with E-state index in [1.54, 1.807) is 6.20 Å². The van der Waals surface area contributed by atoms with Gasteiger partial charge in [0.1, 0.15) is 0 Å². The van der Waals surface area contributed by atoms with Crippen LogP contribution in [0.3, 0.4) is 0 Å². The van der Waals surface area contributed by atoms with E-state index in [-0.39, 0.29) is 17.3 Å². The van der Waals surface area contributed by atoms with Crippen molar-refractivity contribution < 1.29 is 14.3 Å². The third-order valence-corrected chi connectivity index (χ3v) is 6.11. The van der Waals surface area contributed by atoms with Crippen molar-refractivity contribution in [2.75, 3.05) is 0 Å². The molecule has 1 atom stereocenters. The molecule has 2 heterocycles. The predicted octanol–water partition coefficient (Wildman–Crippen LogP) is 4.94. The van der Waals surface area contributed by atoms with Crippen LogP contribution in [0, 0.1) is 12.3 Å². The molecule has 0 bridgehead atoms. The number of aromatic amines is 1. The Balaban J connectivity index is 1.90. The topological polar surface area (TPSA) is 84.1 Å². The minimum Gasteiger partial charge on any atom is -0.460 e. The second kappa shape index (κ2) is 8.08. The number of aryl methyl sites for hydroxylation is 1. The zero-order valence-corrected chi connectivity index (χ0v) is 19.6. The molecule has 32 heavy (non-hydrogen) atoms. The summed E-state index contributed by atoms with van der Waals surface area (Å²) in [7, 11) is 0. The van der Waals surface area contributed by atoms with Crippen LogP contribution in [0.2, 0.25) is 0 Å². The number of nitrogens with one attached hydrogen (secondary N) is 2. The van der Waals surface area contributed by atoms with E-state index in [1.165, 1.54) is 0 Å². The molecule has 0 radical (unpaired) electrons. The summed E-state index contributed by atoms with van der Waals surface area (Å²) in [5, 5.41) is 10.9. The van der Waals surface area contributed by atoms with Crippen LogP contribution in [0.1, 0.15) is 64.5 Å². The van der Waals surface area contributed by atoms with E-state index in [2.05, 4.69) is 29.4 Å². The number of allylic oxidation sites excluding steroid dienone is 3. The van der Waals surface area contributed by atoms with E-state index in [1.807, 2.05) is 52.0 Å². The zero-order valence-electron chi connectivity index (χ0n) is 19.6. The van der Waals surface area contributed by atoms with Crippen LogP contribution in [0.15, 0.2) is 53.0 Å². The van der Waals surface area contributed by atoms with Crippen LogP contribution in [0.4, 0.5) is 0 Å². The Labute approximate surface area is 189 Å². The second-order valence-electron chi connectivity index (χ2n) is 9.94. The first-order chi connectivity index (χ1) is 15.1. The Morgan fingerprint density at radius 2 is 1.84 bits per heavy atom. The van der Waals surface area contributed by atoms with Gasteiger partial charge in [0.15, 0.2) is 5.78 Å². The number of aromatic nitrogens is 2. The molecule has 2 N–H and O–H groups in total. The normalized spacial score (nSPS) is 20.3. The molecule has 0 spiro atoms. The van der Waals surface area contributed by atoms with Crippen LogP contribution in [0.5, 0.6) is 0 Å². The molecule has 1 unspecified atom stereocenters. The Bertz CT molecular complexity index is 1130. The lowest BCUT2D eigenvalue weighted by Gasteiger charge is -2.39. The molecule has 1 aromatic carbocycles. The predicted molar refractivity (Wildman–Crippen MR) is 124 cm³/mol. The molecule has 1 aliphatic heterocycles. The van der Waals surface area contributed by atoms with E-state index >= 15 is 0 Å². The number of hydrogen-bond donors (Lipinski definition) is 2. The molecule has 4 rings (SSSR count). The number of benzene rings is 1. The van der Waals surface area contributed by atoms with Gasteiger partial charge in [-0.3, -0.25) is 9.89 Å². The van der Waals surface area contributed by atoms with Gasteiger partial charge in [0.2, 0.25) is 0 Å². The molecule has 2 aromatic rings. The first kappa shape index (κ1) is 22.1. The molecule has 6 heteroatoms. The highest BCUT2D eigenvalue weighted by atomic mass is 16.5. The second-order valence-corrected chi connectivity index (χ2v) is 9.94. The Morgan fingerprint density at radius 1 is 1.16 bits per heavy atom. The van der Waals surface area contributed by atoms with Crippen molar-refractivity contribution in [1.82, 2.24) is 15.5 Å². The molecule has 0 saturated carbocycles. The van der Waals surface area contributed by atoms with Gasteiger partial charge in [0.25, 0.3) is 0 Å². The van der Waals surface area contributed by atoms with Crippen molar-refractivity contribution in [1.29, 1.82) is 0 Å².